The van der Waals surface area contributed by atoms with Crippen molar-refractivity contribution in [3.63, 3.8) is 0 Å². The molecule has 0 spiro atoms. The van der Waals surface area contributed by atoms with Crippen molar-refractivity contribution in [3.8, 4) is 0 Å². The minimum atomic E-state index is -0.282. The monoisotopic (exact) mass is 243 g/mol. The number of nitrogens with one attached hydrogen (secondary N) is 2. The molecule has 1 amide bonds. The topological polar surface area (TPSA) is 74.8 Å². The van der Waals surface area contributed by atoms with Crippen LogP contribution in [0.25, 0.3) is 0 Å². The minimum Gasteiger partial charge on any atom is -0.321 e. The molecule has 1 aromatic heterocycles. The summed E-state index contributed by atoms with van der Waals surface area (Å²) >= 11 is 0. The van der Waals surface area contributed by atoms with Crippen LogP contribution < -0.4 is 5.32 Å². The Balaban J connectivity index is 2.28. The summed E-state index contributed by atoms with van der Waals surface area (Å²) in [6.45, 7) is 3.23. The predicted molar refractivity (Wildman–Crippen MR) is 67.7 cm³/mol. The molecule has 5 heteroatoms. The number of rotatable bonds is 3. The van der Waals surface area contributed by atoms with E-state index in [1.54, 1.807) is 31.2 Å². The molecule has 0 saturated carbocycles. The van der Waals surface area contributed by atoms with E-state index in [9.17, 15) is 9.59 Å². The van der Waals surface area contributed by atoms with E-state index < -0.39 is 0 Å². The summed E-state index contributed by atoms with van der Waals surface area (Å²) < 4.78 is 0. The zero-order valence-corrected chi connectivity index (χ0v) is 10.2. The van der Waals surface area contributed by atoms with Gasteiger partial charge in [0.2, 0.25) is 0 Å². The Morgan fingerprint density at radius 3 is 2.56 bits per heavy atom. The van der Waals surface area contributed by atoms with E-state index in [-0.39, 0.29) is 11.7 Å². The van der Waals surface area contributed by atoms with Gasteiger partial charge in [-0.25, -0.2) is 0 Å². The summed E-state index contributed by atoms with van der Waals surface area (Å²) in [6.07, 6.45) is 1.46. The molecule has 0 aliphatic carbocycles. The minimum absolute atomic E-state index is 0.0881. The number of aromatic nitrogens is 2. The number of carbonyl (C=O) groups excluding carboxylic acids is 2. The van der Waals surface area contributed by atoms with Crippen molar-refractivity contribution in [2.24, 2.45) is 0 Å². The van der Waals surface area contributed by atoms with Crippen molar-refractivity contribution < 1.29 is 9.59 Å². The highest BCUT2D eigenvalue weighted by molar-refractivity contribution is 6.09. The molecule has 1 heterocycles. The van der Waals surface area contributed by atoms with Crippen LogP contribution in [0.1, 0.15) is 33.3 Å². The number of benzene rings is 1. The third-order valence-corrected chi connectivity index (χ3v) is 2.63. The lowest BCUT2D eigenvalue weighted by Crippen LogP contribution is -2.14. The summed E-state index contributed by atoms with van der Waals surface area (Å²) in [5.74, 6) is -0.371. The van der Waals surface area contributed by atoms with Gasteiger partial charge in [-0.1, -0.05) is 12.1 Å². The molecule has 1 aromatic carbocycles. The third-order valence-electron chi connectivity index (χ3n) is 2.63. The molecular weight excluding hydrogens is 230 g/mol. The first kappa shape index (κ1) is 12.0. The van der Waals surface area contributed by atoms with Crippen LogP contribution in [-0.4, -0.2) is 21.9 Å². The van der Waals surface area contributed by atoms with Crippen molar-refractivity contribution >= 4 is 17.4 Å². The second kappa shape index (κ2) is 4.83. The number of para-hydroxylation sites is 1. The number of amides is 1. The van der Waals surface area contributed by atoms with Gasteiger partial charge in [-0.3, -0.25) is 14.7 Å². The second-order valence-electron chi connectivity index (χ2n) is 3.96. The largest absolute Gasteiger partial charge is 0.321 e. The zero-order chi connectivity index (χ0) is 13.1. The number of ketones is 1. The number of aromatic amines is 1. The lowest BCUT2D eigenvalue weighted by molar-refractivity contribution is 0.101. The van der Waals surface area contributed by atoms with Crippen molar-refractivity contribution in [2.45, 2.75) is 13.8 Å². The standard InChI is InChI=1S/C13H13N3O2/c1-8-11(7-14-16-8)13(18)15-12-6-4-3-5-10(12)9(2)17/h3-7H,1-2H3,(H,14,16)(H,15,18). The first-order chi connectivity index (χ1) is 8.59. The van der Waals surface area contributed by atoms with Gasteiger partial charge in [0, 0.05) is 11.3 Å². The molecule has 2 N–H and O–H groups in total. The summed E-state index contributed by atoms with van der Waals surface area (Å²) in [5.41, 5.74) is 2.16. The van der Waals surface area contributed by atoms with E-state index in [0.29, 0.717) is 22.5 Å². The van der Waals surface area contributed by atoms with Crippen LogP contribution >= 0.6 is 0 Å². The second-order valence-corrected chi connectivity index (χ2v) is 3.96. The van der Waals surface area contributed by atoms with Crippen LogP contribution in [0.4, 0.5) is 5.69 Å². The van der Waals surface area contributed by atoms with Crippen molar-refractivity contribution in [3.05, 3.63) is 47.3 Å². The maximum atomic E-state index is 12.0. The van der Waals surface area contributed by atoms with Gasteiger partial charge in [-0.2, -0.15) is 5.10 Å². The van der Waals surface area contributed by atoms with Gasteiger partial charge >= 0.3 is 0 Å². The number of nitrogens with zero attached hydrogens (tertiary/aromatic N) is 1. The highest BCUT2D eigenvalue weighted by Crippen LogP contribution is 2.17. The Morgan fingerprint density at radius 1 is 1.22 bits per heavy atom. The quantitative estimate of drug-likeness (QED) is 0.811. The molecule has 0 saturated heterocycles. The summed E-state index contributed by atoms with van der Waals surface area (Å²) in [7, 11) is 0. The SMILES string of the molecule is CC(=O)c1ccccc1NC(=O)c1cn[nH]c1C. The maximum Gasteiger partial charge on any atom is 0.259 e. The molecule has 0 aliphatic rings. The van der Waals surface area contributed by atoms with Gasteiger partial charge in [-0.05, 0) is 26.0 Å². The maximum absolute atomic E-state index is 12.0. The van der Waals surface area contributed by atoms with Gasteiger partial charge in [0.15, 0.2) is 5.78 Å². The van der Waals surface area contributed by atoms with Crippen LogP contribution in [0.3, 0.4) is 0 Å². The van der Waals surface area contributed by atoms with Crippen LogP contribution in [0.5, 0.6) is 0 Å². The van der Waals surface area contributed by atoms with Gasteiger partial charge < -0.3 is 5.32 Å². The first-order valence-electron chi connectivity index (χ1n) is 5.51. The summed E-state index contributed by atoms with van der Waals surface area (Å²) in [6, 6.07) is 6.91. The van der Waals surface area contributed by atoms with Crippen LogP contribution in [0.15, 0.2) is 30.5 Å². The molecule has 92 valence electrons. The fourth-order valence-electron chi connectivity index (χ4n) is 1.67. The Bertz CT molecular complexity index is 602. The Kier molecular flexibility index (Phi) is 3.23. The number of anilines is 1. The lowest BCUT2D eigenvalue weighted by Gasteiger charge is -2.08. The molecule has 5 nitrogen and oxygen atoms in total. The molecule has 2 rings (SSSR count). The van der Waals surface area contributed by atoms with Gasteiger partial charge in [0.1, 0.15) is 0 Å². The molecular formula is C13H13N3O2. The predicted octanol–water partition coefficient (Wildman–Crippen LogP) is 2.17. The molecule has 0 aliphatic heterocycles. The van der Waals surface area contributed by atoms with Crippen LogP contribution in [-0.2, 0) is 0 Å². The van der Waals surface area contributed by atoms with Gasteiger partial charge in [0.05, 0.1) is 17.4 Å². The summed E-state index contributed by atoms with van der Waals surface area (Å²) in [5, 5.41) is 9.20. The number of hydrogen-bond donors (Lipinski definition) is 2. The van der Waals surface area contributed by atoms with E-state index in [1.807, 2.05) is 0 Å². The van der Waals surface area contributed by atoms with Crippen molar-refractivity contribution in [1.82, 2.24) is 10.2 Å². The number of hydrogen-bond acceptors (Lipinski definition) is 3. The van der Waals surface area contributed by atoms with E-state index in [0.717, 1.165) is 0 Å². The van der Waals surface area contributed by atoms with E-state index in [1.165, 1.54) is 13.1 Å². The Labute approximate surface area is 104 Å². The van der Waals surface area contributed by atoms with Crippen molar-refractivity contribution in [1.29, 1.82) is 0 Å². The highest BCUT2D eigenvalue weighted by Gasteiger charge is 2.13. The number of H-pyrrole nitrogens is 1. The fourth-order valence-corrected chi connectivity index (χ4v) is 1.67. The normalized spacial score (nSPS) is 10.1. The molecule has 0 radical (unpaired) electrons. The molecule has 2 aromatic rings. The van der Waals surface area contributed by atoms with Crippen LogP contribution in [0, 0.1) is 6.92 Å². The van der Waals surface area contributed by atoms with E-state index in [2.05, 4.69) is 15.5 Å². The molecule has 0 atom stereocenters. The number of Topliss-reactive ketones (excluding diaryl/α,β-unsaturated/α-hetero) is 1. The zero-order valence-electron chi connectivity index (χ0n) is 10.2. The molecule has 0 fully saturated rings. The average Bonchev–Trinajstić information content (AvgIpc) is 2.76. The first-order valence-corrected chi connectivity index (χ1v) is 5.51. The van der Waals surface area contributed by atoms with E-state index >= 15 is 0 Å². The Morgan fingerprint density at radius 2 is 1.94 bits per heavy atom. The molecule has 18 heavy (non-hydrogen) atoms. The van der Waals surface area contributed by atoms with Gasteiger partial charge in [-0.15, -0.1) is 0 Å². The third kappa shape index (κ3) is 2.29. The average molecular weight is 243 g/mol. The van der Waals surface area contributed by atoms with Gasteiger partial charge in [0.25, 0.3) is 5.91 Å². The molecule has 0 bridgehead atoms. The van der Waals surface area contributed by atoms with E-state index in [4.69, 9.17) is 0 Å². The van der Waals surface area contributed by atoms with Crippen LogP contribution in [0.2, 0.25) is 0 Å². The smallest absolute Gasteiger partial charge is 0.259 e. The highest BCUT2D eigenvalue weighted by atomic mass is 16.2. The Hall–Kier alpha value is -2.43. The fraction of sp³-hybridized carbons (Fsp3) is 0.154. The van der Waals surface area contributed by atoms with Crippen molar-refractivity contribution in [2.75, 3.05) is 5.32 Å². The number of aryl methyl sites for hydroxylation is 1. The summed E-state index contributed by atoms with van der Waals surface area (Å²) in [4.78, 5) is 23.4. The lowest BCUT2D eigenvalue weighted by atomic mass is 10.1. The number of carbonyl (C=O) groups is 2. The molecule has 0 unspecified atom stereocenters.